The Hall–Kier alpha value is -2.35. The van der Waals surface area contributed by atoms with Crippen LogP contribution in [0.1, 0.15) is 34.1 Å². The van der Waals surface area contributed by atoms with Crippen molar-refractivity contribution in [1.82, 2.24) is 4.90 Å². The molecule has 0 fully saturated rings. The molecule has 0 aliphatic rings. The molecule has 0 bridgehead atoms. The first kappa shape index (κ1) is 13.7. The van der Waals surface area contributed by atoms with Crippen LogP contribution in [0.4, 0.5) is 0 Å². The first-order valence-electron chi connectivity index (χ1n) is 5.60. The van der Waals surface area contributed by atoms with Gasteiger partial charge in [-0.2, -0.15) is 5.26 Å². The summed E-state index contributed by atoms with van der Waals surface area (Å²) in [6.07, 6.45) is 0.231. The molecule has 1 amide bonds. The molecular formula is C13H14N2O3. The molecule has 0 atom stereocenters. The number of aromatic carboxylic acids is 1. The second-order valence-corrected chi connectivity index (χ2v) is 3.64. The fourth-order valence-electron chi connectivity index (χ4n) is 1.61. The number of amides is 1. The normalized spacial score (nSPS) is 9.56. The first-order chi connectivity index (χ1) is 8.61. The van der Waals surface area contributed by atoms with E-state index in [1.807, 2.05) is 6.07 Å². The van der Waals surface area contributed by atoms with Gasteiger partial charge >= 0.3 is 5.97 Å². The summed E-state index contributed by atoms with van der Waals surface area (Å²) in [7, 11) is 0. The van der Waals surface area contributed by atoms with E-state index in [-0.39, 0.29) is 23.5 Å². The Balaban J connectivity index is 3.02. The van der Waals surface area contributed by atoms with Crippen molar-refractivity contribution >= 4 is 11.9 Å². The lowest BCUT2D eigenvalue weighted by atomic mass is 10.1. The maximum absolute atomic E-state index is 12.2. The van der Waals surface area contributed by atoms with Crippen molar-refractivity contribution < 1.29 is 14.7 Å². The summed E-state index contributed by atoms with van der Waals surface area (Å²) in [5, 5.41) is 17.5. The molecule has 0 spiro atoms. The van der Waals surface area contributed by atoms with Crippen LogP contribution >= 0.6 is 0 Å². The molecule has 0 heterocycles. The highest BCUT2D eigenvalue weighted by Crippen LogP contribution is 2.12. The molecule has 5 heteroatoms. The topological polar surface area (TPSA) is 81.4 Å². The Bertz CT molecular complexity index is 491. The minimum Gasteiger partial charge on any atom is -0.478 e. The van der Waals surface area contributed by atoms with Gasteiger partial charge in [-0.25, -0.2) is 4.79 Å². The van der Waals surface area contributed by atoms with Crippen LogP contribution in [0, 0.1) is 11.3 Å². The van der Waals surface area contributed by atoms with Crippen LogP contribution in [-0.2, 0) is 0 Å². The monoisotopic (exact) mass is 246 g/mol. The Labute approximate surface area is 105 Å². The summed E-state index contributed by atoms with van der Waals surface area (Å²) in [6, 6.07) is 8.05. The number of hydrogen-bond donors (Lipinski definition) is 1. The van der Waals surface area contributed by atoms with E-state index in [9.17, 15) is 9.59 Å². The van der Waals surface area contributed by atoms with Crippen molar-refractivity contribution in [3.63, 3.8) is 0 Å². The molecule has 0 saturated carbocycles. The predicted molar refractivity (Wildman–Crippen MR) is 65.2 cm³/mol. The first-order valence-corrected chi connectivity index (χ1v) is 5.60. The quantitative estimate of drug-likeness (QED) is 0.858. The highest BCUT2D eigenvalue weighted by atomic mass is 16.4. The van der Waals surface area contributed by atoms with E-state index >= 15 is 0 Å². The van der Waals surface area contributed by atoms with Crippen molar-refractivity contribution in [3.05, 3.63) is 35.4 Å². The van der Waals surface area contributed by atoms with E-state index in [2.05, 4.69) is 0 Å². The molecule has 1 aromatic rings. The van der Waals surface area contributed by atoms with Gasteiger partial charge in [-0.15, -0.1) is 0 Å². The molecule has 94 valence electrons. The third-order valence-electron chi connectivity index (χ3n) is 2.55. The number of nitrogens with zero attached hydrogens (tertiary/aromatic N) is 2. The maximum atomic E-state index is 12.2. The molecule has 0 aliphatic heterocycles. The highest BCUT2D eigenvalue weighted by Gasteiger charge is 2.19. The second kappa shape index (κ2) is 6.40. The number of rotatable bonds is 5. The molecule has 18 heavy (non-hydrogen) atoms. The molecule has 0 radical (unpaired) electrons. The standard InChI is InChI=1S/C13H14N2O3/c1-2-15(9-5-8-14)12(16)10-6-3-4-7-11(10)13(17)18/h3-4,6-7H,2,5,9H2,1H3,(H,17,18). The Morgan fingerprint density at radius 3 is 2.44 bits per heavy atom. The average molecular weight is 246 g/mol. The molecule has 1 aromatic carbocycles. The van der Waals surface area contributed by atoms with Crippen LogP contribution < -0.4 is 0 Å². The molecule has 5 nitrogen and oxygen atoms in total. The smallest absolute Gasteiger partial charge is 0.336 e. The second-order valence-electron chi connectivity index (χ2n) is 3.64. The number of carbonyl (C=O) groups excluding carboxylic acids is 1. The fraction of sp³-hybridized carbons (Fsp3) is 0.308. The van der Waals surface area contributed by atoms with Gasteiger partial charge in [0.25, 0.3) is 5.91 Å². The number of carbonyl (C=O) groups is 2. The van der Waals surface area contributed by atoms with E-state index in [1.165, 1.54) is 17.0 Å². The third kappa shape index (κ3) is 3.08. The van der Waals surface area contributed by atoms with Crippen molar-refractivity contribution in [2.45, 2.75) is 13.3 Å². The van der Waals surface area contributed by atoms with Gasteiger partial charge in [0.1, 0.15) is 0 Å². The van der Waals surface area contributed by atoms with Crippen LogP contribution in [0.5, 0.6) is 0 Å². The lowest BCUT2D eigenvalue weighted by Crippen LogP contribution is -2.32. The van der Waals surface area contributed by atoms with E-state index in [1.54, 1.807) is 19.1 Å². The number of carboxylic acid groups (broad SMARTS) is 1. The summed E-state index contributed by atoms with van der Waals surface area (Å²) in [4.78, 5) is 24.7. The Kier molecular flexibility index (Phi) is 4.88. The van der Waals surface area contributed by atoms with E-state index in [4.69, 9.17) is 10.4 Å². The summed E-state index contributed by atoms with van der Waals surface area (Å²) in [5.74, 6) is -1.49. The molecule has 0 aliphatic carbocycles. The number of hydrogen-bond acceptors (Lipinski definition) is 3. The van der Waals surface area contributed by atoms with Crippen molar-refractivity contribution in [2.24, 2.45) is 0 Å². The summed E-state index contributed by atoms with van der Waals surface area (Å²) in [5.41, 5.74) is 0.141. The van der Waals surface area contributed by atoms with Crippen LogP contribution in [0.25, 0.3) is 0 Å². The maximum Gasteiger partial charge on any atom is 0.336 e. The van der Waals surface area contributed by atoms with Gasteiger partial charge in [0.2, 0.25) is 0 Å². The van der Waals surface area contributed by atoms with Gasteiger partial charge in [-0.1, -0.05) is 12.1 Å². The van der Waals surface area contributed by atoms with Gasteiger partial charge in [0, 0.05) is 13.1 Å². The number of benzene rings is 1. The fourth-order valence-corrected chi connectivity index (χ4v) is 1.61. The Morgan fingerprint density at radius 1 is 1.33 bits per heavy atom. The SMILES string of the molecule is CCN(CCC#N)C(=O)c1ccccc1C(=O)O. The molecule has 0 unspecified atom stereocenters. The molecule has 0 aromatic heterocycles. The van der Waals surface area contributed by atoms with Crippen LogP contribution in [0.2, 0.25) is 0 Å². The molecule has 1 N–H and O–H groups in total. The lowest BCUT2D eigenvalue weighted by molar-refractivity contribution is 0.0677. The highest BCUT2D eigenvalue weighted by molar-refractivity contribution is 6.04. The lowest BCUT2D eigenvalue weighted by Gasteiger charge is -2.20. The zero-order chi connectivity index (χ0) is 13.5. The van der Waals surface area contributed by atoms with Crippen LogP contribution in [0.15, 0.2) is 24.3 Å². The summed E-state index contributed by atoms with van der Waals surface area (Å²) < 4.78 is 0. The predicted octanol–water partition coefficient (Wildman–Crippen LogP) is 1.76. The van der Waals surface area contributed by atoms with E-state index < -0.39 is 5.97 Å². The van der Waals surface area contributed by atoms with Gasteiger partial charge in [-0.05, 0) is 19.1 Å². The zero-order valence-electron chi connectivity index (χ0n) is 10.1. The minimum absolute atomic E-state index is 0.0158. The number of nitriles is 1. The van der Waals surface area contributed by atoms with E-state index in [0.29, 0.717) is 13.1 Å². The summed E-state index contributed by atoms with van der Waals surface area (Å²) >= 11 is 0. The van der Waals surface area contributed by atoms with Gasteiger partial charge < -0.3 is 10.0 Å². The zero-order valence-corrected chi connectivity index (χ0v) is 10.1. The van der Waals surface area contributed by atoms with Gasteiger partial charge in [-0.3, -0.25) is 4.79 Å². The van der Waals surface area contributed by atoms with Crippen LogP contribution in [-0.4, -0.2) is 35.0 Å². The third-order valence-corrected chi connectivity index (χ3v) is 2.55. The number of carboxylic acids is 1. The molecule has 1 rings (SSSR count). The van der Waals surface area contributed by atoms with Crippen molar-refractivity contribution in [1.29, 1.82) is 5.26 Å². The van der Waals surface area contributed by atoms with Crippen molar-refractivity contribution in [2.75, 3.05) is 13.1 Å². The average Bonchev–Trinajstić information content (AvgIpc) is 2.39. The van der Waals surface area contributed by atoms with Crippen molar-refractivity contribution in [3.8, 4) is 6.07 Å². The molecular weight excluding hydrogens is 232 g/mol. The largest absolute Gasteiger partial charge is 0.478 e. The van der Waals surface area contributed by atoms with Gasteiger partial charge in [0.05, 0.1) is 23.6 Å². The van der Waals surface area contributed by atoms with Gasteiger partial charge in [0.15, 0.2) is 0 Å². The summed E-state index contributed by atoms with van der Waals surface area (Å²) in [6.45, 7) is 2.53. The van der Waals surface area contributed by atoms with E-state index in [0.717, 1.165) is 0 Å². The van der Waals surface area contributed by atoms with Crippen LogP contribution in [0.3, 0.4) is 0 Å². The Morgan fingerprint density at radius 2 is 1.94 bits per heavy atom. The minimum atomic E-state index is -1.13. The molecule has 0 saturated heterocycles.